The van der Waals surface area contributed by atoms with Gasteiger partial charge in [0.05, 0.1) is 0 Å². The van der Waals surface area contributed by atoms with Gasteiger partial charge in [-0.05, 0) is 48.0 Å². The first-order valence-electron chi connectivity index (χ1n) is 8.49. The lowest BCUT2D eigenvalue weighted by molar-refractivity contribution is 0.0784. The van der Waals surface area contributed by atoms with Crippen molar-refractivity contribution in [3.63, 3.8) is 0 Å². The highest BCUT2D eigenvalue weighted by Gasteiger charge is 2.13. The van der Waals surface area contributed by atoms with Crippen LogP contribution in [0.4, 0.5) is 5.69 Å². The van der Waals surface area contributed by atoms with Gasteiger partial charge in [-0.3, -0.25) is 9.59 Å². The maximum atomic E-state index is 12.7. The van der Waals surface area contributed by atoms with Crippen LogP contribution in [0.2, 0.25) is 5.02 Å². The highest BCUT2D eigenvalue weighted by atomic mass is 35.5. The normalized spacial score (nSPS) is 10.3. The number of halogens is 1. The molecule has 0 aromatic heterocycles. The lowest BCUT2D eigenvalue weighted by Gasteiger charge is -2.18. The van der Waals surface area contributed by atoms with Crippen LogP contribution in [0.25, 0.3) is 0 Å². The summed E-state index contributed by atoms with van der Waals surface area (Å²) in [5.41, 5.74) is 2.63. The van der Waals surface area contributed by atoms with Crippen molar-refractivity contribution < 1.29 is 9.59 Å². The number of hydrogen-bond acceptors (Lipinski definition) is 2. The van der Waals surface area contributed by atoms with Crippen molar-refractivity contribution in [1.82, 2.24) is 4.90 Å². The molecule has 0 atom stereocenters. The molecule has 0 bridgehead atoms. The van der Waals surface area contributed by atoms with E-state index in [0.29, 0.717) is 28.4 Å². The summed E-state index contributed by atoms with van der Waals surface area (Å²) in [7, 11) is 1.76. The standard InChI is InChI=1S/C22H19ClN2O2/c1-25(15-16-6-3-2-4-7-16)22(27)18-8-5-9-20(14-18)24-21(26)17-10-12-19(23)13-11-17/h2-14H,15H2,1H3,(H,24,26). The Hall–Kier alpha value is -3.11. The SMILES string of the molecule is CN(Cc1ccccc1)C(=O)c1cccc(NC(=O)c2ccc(Cl)cc2)c1. The third-order valence-corrected chi connectivity index (χ3v) is 4.34. The monoisotopic (exact) mass is 378 g/mol. The molecule has 0 aliphatic rings. The fourth-order valence-corrected chi connectivity index (χ4v) is 2.81. The fourth-order valence-electron chi connectivity index (χ4n) is 2.68. The Kier molecular flexibility index (Phi) is 5.89. The van der Waals surface area contributed by atoms with E-state index in [1.807, 2.05) is 30.3 Å². The molecule has 0 aliphatic heterocycles. The molecule has 0 spiro atoms. The molecular weight excluding hydrogens is 360 g/mol. The van der Waals surface area contributed by atoms with Gasteiger partial charge >= 0.3 is 0 Å². The maximum absolute atomic E-state index is 12.7. The predicted octanol–water partition coefficient (Wildman–Crippen LogP) is 4.86. The van der Waals surface area contributed by atoms with Crippen molar-refractivity contribution in [2.24, 2.45) is 0 Å². The first kappa shape index (κ1) is 18.7. The molecule has 0 aliphatic carbocycles. The molecule has 1 N–H and O–H groups in total. The molecule has 3 aromatic rings. The smallest absolute Gasteiger partial charge is 0.255 e. The van der Waals surface area contributed by atoms with Gasteiger partial charge in [0.25, 0.3) is 11.8 Å². The van der Waals surface area contributed by atoms with E-state index in [1.54, 1.807) is 60.5 Å². The van der Waals surface area contributed by atoms with Crippen LogP contribution in [0.1, 0.15) is 26.3 Å². The van der Waals surface area contributed by atoms with Crippen molar-refractivity contribution in [3.05, 3.63) is 101 Å². The van der Waals surface area contributed by atoms with Gasteiger partial charge in [-0.25, -0.2) is 0 Å². The molecule has 0 heterocycles. The van der Waals surface area contributed by atoms with E-state index in [0.717, 1.165) is 5.56 Å². The number of nitrogens with zero attached hydrogens (tertiary/aromatic N) is 1. The molecule has 3 rings (SSSR count). The lowest BCUT2D eigenvalue weighted by Crippen LogP contribution is -2.26. The van der Waals surface area contributed by atoms with E-state index in [9.17, 15) is 9.59 Å². The average molecular weight is 379 g/mol. The van der Waals surface area contributed by atoms with Crippen LogP contribution >= 0.6 is 11.6 Å². The zero-order chi connectivity index (χ0) is 19.2. The van der Waals surface area contributed by atoms with E-state index in [-0.39, 0.29) is 11.8 Å². The van der Waals surface area contributed by atoms with Crippen molar-refractivity contribution in [3.8, 4) is 0 Å². The Balaban J connectivity index is 1.70. The Morgan fingerprint density at radius 2 is 1.59 bits per heavy atom. The molecule has 0 fully saturated rings. The van der Waals surface area contributed by atoms with Crippen molar-refractivity contribution in [2.75, 3.05) is 12.4 Å². The third-order valence-electron chi connectivity index (χ3n) is 4.08. The summed E-state index contributed by atoms with van der Waals surface area (Å²) in [6.07, 6.45) is 0. The Bertz CT molecular complexity index is 940. The van der Waals surface area contributed by atoms with Crippen LogP contribution in [0.15, 0.2) is 78.9 Å². The quantitative estimate of drug-likeness (QED) is 0.688. The van der Waals surface area contributed by atoms with Crippen LogP contribution < -0.4 is 5.32 Å². The summed E-state index contributed by atoms with van der Waals surface area (Å²) in [5, 5.41) is 3.38. The number of rotatable bonds is 5. The predicted molar refractivity (Wildman–Crippen MR) is 108 cm³/mol. The first-order valence-corrected chi connectivity index (χ1v) is 8.87. The average Bonchev–Trinajstić information content (AvgIpc) is 2.69. The number of amides is 2. The highest BCUT2D eigenvalue weighted by Crippen LogP contribution is 2.16. The summed E-state index contributed by atoms with van der Waals surface area (Å²) in [4.78, 5) is 26.7. The summed E-state index contributed by atoms with van der Waals surface area (Å²) in [6, 6.07) is 23.3. The van der Waals surface area contributed by atoms with Gasteiger partial charge < -0.3 is 10.2 Å². The van der Waals surface area contributed by atoms with E-state index in [4.69, 9.17) is 11.6 Å². The van der Waals surface area contributed by atoms with Crippen LogP contribution in [-0.2, 0) is 6.54 Å². The second kappa shape index (κ2) is 8.52. The second-order valence-corrected chi connectivity index (χ2v) is 6.63. The molecule has 0 saturated carbocycles. The summed E-state index contributed by atoms with van der Waals surface area (Å²) >= 11 is 5.85. The minimum absolute atomic E-state index is 0.110. The molecule has 3 aromatic carbocycles. The van der Waals surface area contributed by atoms with E-state index in [2.05, 4.69) is 5.32 Å². The minimum Gasteiger partial charge on any atom is -0.337 e. The molecule has 0 radical (unpaired) electrons. The van der Waals surface area contributed by atoms with Gasteiger partial charge in [0, 0.05) is 35.4 Å². The van der Waals surface area contributed by atoms with Crippen molar-refractivity contribution in [2.45, 2.75) is 6.54 Å². The van der Waals surface area contributed by atoms with Crippen molar-refractivity contribution >= 4 is 29.1 Å². The van der Waals surface area contributed by atoms with Gasteiger partial charge in [0.15, 0.2) is 0 Å². The van der Waals surface area contributed by atoms with Crippen molar-refractivity contribution in [1.29, 1.82) is 0 Å². The summed E-state index contributed by atoms with van der Waals surface area (Å²) < 4.78 is 0. The molecule has 27 heavy (non-hydrogen) atoms. The summed E-state index contributed by atoms with van der Waals surface area (Å²) in [5.74, 6) is -0.365. The largest absolute Gasteiger partial charge is 0.337 e. The van der Waals surface area contributed by atoms with Crippen LogP contribution in [0, 0.1) is 0 Å². The third kappa shape index (κ3) is 4.96. The Morgan fingerprint density at radius 1 is 0.889 bits per heavy atom. The number of anilines is 1. The number of carbonyl (C=O) groups is 2. The molecule has 0 unspecified atom stereocenters. The zero-order valence-corrected chi connectivity index (χ0v) is 15.6. The molecule has 5 heteroatoms. The topological polar surface area (TPSA) is 49.4 Å². The van der Waals surface area contributed by atoms with Gasteiger partial charge in [0.1, 0.15) is 0 Å². The number of nitrogens with one attached hydrogen (secondary N) is 1. The molecule has 136 valence electrons. The fraction of sp³-hybridized carbons (Fsp3) is 0.0909. The van der Waals surface area contributed by atoms with Crippen LogP contribution in [-0.4, -0.2) is 23.8 Å². The Morgan fingerprint density at radius 3 is 2.30 bits per heavy atom. The molecule has 4 nitrogen and oxygen atoms in total. The van der Waals surface area contributed by atoms with E-state index >= 15 is 0 Å². The van der Waals surface area contributed by atoms with Gasteiger partial charge in [0.2, 0.25) is 0 Å². The second-order valence-electron chi connectivity index (χ2n) is 6.19. The van der Waals surface area contributed by atoms with Gasteiger partial charge in [-0.2, -0.15) is 0 Å². The van der Waals surface area contributed by atoms with E-state index in [1.165, 1.54) is 0 Å². The first-order chi connectivity index (χ1) is 13.0. The van der Waals surface area contributed by atoms with Crippen LogP contribution in [0.5, 0.6) is 0 Å². The maximum Gasteiger partial charge on any atom is 0.255 e. The Labute approximate surface area is 163 Å². The molecular formula is C22H19ClN2O2. The van der Waals surface area contributed by atoms with Gasteiger partial charge in [-0.1, -0.05) is 48.0 Å². The zero-order valence-electron chi connectivity index (χ0n) is 14.9. The highest BCUT2D eigenvalue weighted by molar-refractivity contribution is 6.30. The number of benzene rings is 3. The number of carbonyl (C=O) groups excluding carboxylic acids is 2. The van der Waals surface area contributed by atoms with Gasteiger partial charge in [-0.15, -0.1) is 0 Å². The molecule has 0 saturated heterocycles. The summed E-state index contributed by atoms with van der Waals surface area (Å²) in [6.45, 7) is 0.515. The lowest BCUT2D eigenvalue weighted by atomic mass is 10.1. The van der Waals surface area contributed by atoms with Crippen LogP contribution in [0.3, 0.4) is 0 Å². The molecule has 2 amide bonds. The minimum atomic E-state index is -0.256. The number of hydrogen-bond donors (Lipinski definition) is 1. The van der Waals surface area contributed by atoms with E-state index < -0.39 is 0 Å².